The first-order valence-corrected chi connectivity index (χ1v) is 12.7. The summed E-state index contributed by atoms with van der Waals surface area (Å²) in [5.74, 6) is 0.0838. The summed E-state index contributed by atoms with van der Waals surface area (Å²) in [7, 11) is 4.20. The average molecular weight is 414 g/mol. The highest BCUT2D eigenvalue weighted by Crippen LogP contribution is 2.13. The van der Waals surface area contributed by atoms with Gasteiger partial charge in [-0.3, -0.25) is 4.79 Å². The summed E-state index contributed by atoms with van der Waals surface area (Å²) in [5, 5.41) is 12.9. The molecule has 1 unspecified atom stereocenters. The van der Waals surface area contributed by atoms with Gasteiger partial charge in [-0.2, -0.15) is 0 Å². The lowest BCUT2D eigenvalue weighted by Crippen LogP contribution is -2.48. The predicted molar refractivity (Wildman–Crippen MR) is 126 cm³/mol. The van der Waals surface area contributed by atoms with E-state index < -0.39 is 6.10 Å². The van der Waals surface area contributed by atoms with E-state index in [4.69, 9.17) is 0 Å². The average Bonchev–Trinajstić information content (AvgIpc) is 2.69. The van der Waals surface area contributed by atoms with Crippen molar-refractivity contribution < 1.29 is 14.4 Å². The van der Waals surface area contributed by atoms with Crippen LogP contribution in [-0.4, -0.2) is 55.3 Å². The smallest absolute Gasteiger partial charge is 0.220 e. The minimum atomic E-state index is -0.463. The zero-order valence-corrected chi connectivity index (χ0v) is 20.3. The normalized spacial score (nSPS) is 12.9. The maximum atomic E-state index is 11.9. The van der Waals surface area contributed by atoms with Crippen molar-refractivity contribution in [1.82, 2.24) is 5.32 Å². The van der Waals surface area contributed by atoms with Crippen molar-refractivity contribution >= 4 is 5.91 Å². The quantitative estimate of drug-likeness (QED) is 0.184. The van der Waals surface area contributed by atoms with Gasteiger partial charge >= 0.3 is 0 Å². The Hall–Kier alpha value is -0.610. The third-order valence-corrected chi connectivity index (χ3v) is 6.10. The van der Waals surface area contributed by atoms with Gasteiger partial charge in [0.1, 0.15) is 12.6 Å². The van der Waals surface area contributed by atoms with Crippen LogP contribution in [-0.2, 0) is 4.79 Å². The van der Waals surface area contributed by atoms with Gasteiger partial charge in [0.15, 0.2) is 0 Å². The third-order valence-electron chi connectivity index (χ3n) is 6.10. The van der Waals surface area contributed by atoms with Gasteiger partial charge in [0, 0.05) is 13.0 Å². The van der Waals surface area contributed by atoms with Gasteiger partial charge in [0.2, 0.25) is 5.91 Å². The van der Waals surface area contributed by atoms with E-state index >= 15 is 0 Å². The Bertz CT molecular complexity index is 372. The minimum absolute atomic E-state index is 0.0838. The molecule has 0 aromatic heterocycles. The molecule has 0 heterocycles. The Kier molecular flexibility index (Phi) is 19.0. The van der Waals surface area contributed by atoms with E-state index in [1.807, 2.05) is 0 Å². The number of aliphatic hydroxyl groups excluding tert-OH is 1. The minimum Gasteiger partial charge on any atom is -0.385 e. The van der Waals surface area contributed by atoms with Crippen LogP contribution in [0.25, 0.3) is 0 Å². The number of carbonyl (C=O) groups is 1. The lowest BCUT2D eigenvalue weighted by atomic mass is 10.0. The lowest BCUT2D eigenvalue weighted by Gasteiger charge is -2.30. The maximum Gasteiger partial charge on any atom is 0.220 e. The number of rotatable bonds is 21. The molecule has 0 fully saturated rings. The Balaban J connectivity index is 3.33. The topological polar surface area (TPSA) is 49.3 Å². The Labute approximate surface area is 182 Å². The summed E-state index contributed by atoms with van der Waals surface area (Å²) in [6.07, 6.45) is 20.2. The van der Waals surface area contributed by atoms with E-state index in [9.17, 15) is 9.90 Å². The highest BCUT2D eigenvalue weighted by molar-refractivity contribution is 5.75. The summed E-state index contributed by atoms with van der Waals surface area (Å²) in [4.78, 5) is 11.9. The second-order valence-electron chi connectivity index (χ2n) is 9.59. The van der Waals surface area contributed by atoms with Crippen LogP contribution in [0, 0.1) is 0 Å². The Morgan fingerprint density at radius 3 is 1.59 bits per heavy atom. The van der Waals surface area contributed by atoms with Gasteiger partial charge in [-0.05, 0) is 13.3 Å². The number of quaternary nitrogens is 1. The fraction of sp³-hybridized carbons (Fsp3) is 0.960. The fourth-order valence-electron chi connectivity index (χ4n) is 3.74. The molecule has 1 amide bonds. The van der Waals surface area contributed by atoms with Crippen LogP contribution in [0.4, 0.5) is 0 Å². The molecule has 2 N–H and O–H groups in total. The van der Waals surface area contributed by atoms with Crippen molar-refractivity contribution in [1.29, 1.82) is 0 Å². The van der Waals surface area contributed by atoms with Crippen molar-refractivity contribution in [2.45, 2.75) is 123 Å². The lowest BCUT2D eigenvalue weighted by molar-refractivity contribution is -0.891. The van der Waals surface area contributed by atoms with E-state index in [0.29, 0.717) is 19.5 Å². The molecule has 0 aliphatic heterocycles. The molecule has 0 bridgehead atoms. The molecule has 0 aliphatic rings. The van der Waals surface area contributed by atoms with Crippen molar-refractivity contribution in [3.63, 3.8) is 0 Å². The fourth-order valence-corrected chi connectivity index (χ4v) is 3.74. The third kappa shape index (κ3) is 20.4. The summed E-state index contributed by atoms with van der Waals surface area (Å²) >= 11 is 0. The zero-order chi connectivity index (χ0) is 21.8. The molecular weight excluding hydrogens is 360 g/mol. The number of hydrogen-bond acceptors (Lipinski definition) is 2. The van der Waals surface area contributed by atoms with Gasteiger partial charge < -0.3 is 14.9 Å². The van der Waals surface area contributed by atoms with Gasteiger partial charge in [-0.25, -0.2) is 0 Å². The Morgan fingerprint density at radius 1 is 0.759 bits per heavy atom. The Morgan fingerprint density at radius 2 is 1.17 bits per heavy atom. The van der Waals surface area contributed by atoms with Gasteiger partial charge in [-0.1, -0.05) is 96.8 Å². The molecule has 0 saturated heterocycles. The van der Waals surface area contributed by atoms with Crippen LogP contribution >= 0.6 is 0 Å². The summed E-state index contributed by atoms with van der Waals surface area (Å²) in [6, 6.07) is 0. The molecule has 0 rings (SSSR count). The number of unbranched alkanes of at least 4 members (excludes halogenated alkanes) is 14. The second-order valence-corrected chi connectivity index (χ2v) is 9.59. The highest BCUT2D eigenvalue weighted by Gasteiger charge is 2.18. The number of amides is 1. The molecule has 174 valence electrons. The summed E-state index contributed by atoms with van der Waals surface area (Å²) in [6.45, 7) is 6.42. The molecule has 29 heavy (non-hydrogen) atoms. The van der Waals surface area contributed by atoms with Crippen molar-refractivity contribution in [2.24, 2.45) is 0 Å². The van der Waals surface area contributed by atoms with Crippen molar-refractivity contribution in [3.8, 4) is 0 Å². The molecule has 0 spiro atoms. The van der Waals surface area contributed by atoms with E-state index in [1.165, 1.54) is 83.5 Å². The molecule has 0 aromatic rings. The first-order chi connectivity index (χ1) is 13.9. The number of likely N-dealkylation sites (N-methyl/N-ethyl adjacent to an activating group) is 1. The van der Waals surface area contributed by atoms with E-state index in [-0.39, 0.29) is 5.91 Å². The van der Waals surface area contributed by atoms with E-state index in [2.05, 4.69) is 33.3 Å². The van der Waals surface area contributed by atoms with Gasteiger partial charge in [-0.15, -0.1) is 0 Å². The molecule has 4 heteroatoms. The monoisotopic (exact) mass is 413 g/mol. The number of nitrogens with zero attached hydrogens (tertiary/aromatic N) is 1. The molecule has 0 aromatic carbocycles. The molecule has 0 saturated carbocycles. The van der Waals surface area contributed by atoms with E-state index in [1.54, 1.807) is 0 Å². The van der Waals surface area contributed by atoms with Crippen LogP contribution < -0.4 is 5.32 Å². The number of nitrogens with one attached hydrogen (secondary N) is 1. The van der Waals surface area contributed by atoms with Crippen LogP contribution in [0.3, 0.4) is 0 Å². The molecule has 0 radical (unpaired) electrons. The van der Waals surface area contributed by atoms with Crippen LogP contribution in [0.5, 0.6) is 0 Å². The van der Waals surface area contributed by atoms with Crippen molar-refractivity contribution in [3.05, 3.63) is 0 Å². The molecular formula is C25H53N2O2+. The number of hydrogen-bond donors (Lipinski definition) is 2. The number of aliphatic hydroxyl groups is 1. The molecule has 1 atom stereocenters. The largest absolute Gasteiger partial charge is 0.385 e. The SMILES string of the molecule is CCCCCCCCCCCCCCCCCC(=O)NCC(O)C[N+](C)(C)CC. The second kappa shape index (κ2) is 19.4. The standard InChI is InChI=1S/C25H52N2O2/c1-5-7-8-9-10-11-12-13-14-15-16-17-18-19-20-21-25(29)26-22-24(28)23-27(3,4)6-2/h24,28H,5-23H2,1-4H3/p+1. The molecule has 4 nitrogen and oxygen atoms in total. The predicted octanol–water partition coefficient (Wildman–Crippen LogP) is 5.82. The maximum absolute atomic E-state index is 11.9. The zero-order valence-electron chi connectivity index (χ0n) is 20.3. The first kappa shape index (κ1) is 28.4. The van der Waals surface area contributed by atoms with Crippen molar-refractivity contribution in [2.75, 3.05) is 33.7 Å². The first-order valence-electron chi connectivity index (χ1n) is 12.7. The van der Waals surface area contributed by atoms with E-state index in [0.717, 1.165) is 23.9 Å². The summed E-state index contributed by atoms with van der Waals surface area (Å²) in [5.41, 5.74) is 0. The highest BCUT2D eigenvalue weighted by atomic mass is 16.3. The van der Waals surface area contributed by atoms with Crippen LogP contribution in [0.2, 0.25) is 0 Å². The van der Waals surface area contributed by atoms with Gasteiger partial charge in [0.05, 0.1) is 20.6 Å². The molecule has 0 aliphatic carbocycles. The van der Waals surface area contributed by atoms with Gasteiger partial charge in [0.25, 0.3) is 0 Å². The van der Waals surface area contributed by atoms with Crippen LogP contribution in [0.1, 0.15) is 117 Å². The summed E-state index contributed by atoms with van der Waals surface area (Å²) < 4.78 is 0.774. The number of carbonyl (C=O) groups excluding carboxylic acids is 1. The van der Waals surface area contributed by atoms with Crippen LogP contribution in [0.15, 0.2) is 0 Å².